The van der Waals surface area contributed by atoms with Crippen molar-refractivity contribution in [1.82, 2.24) is 0 Å². The number of benzene rings is 2. The Morgan fingerprint density at radius 3 is 2.53 bits per heavy atom. The largest absolute Gasteiger partial charge is 0.294 e. The van der Waals surface area contributed by atoms with E-state index in [0.717, 1.165) is 15.6 Å². The van der Waals surface area contributed by atoms with E-state index in [2.05, 4.69) is 15.9 Å². The van der Waals surface area contributed by atoms with E-state index in [1.54, 1.807) is 18.2 Å². The first-order chi connectivity index (χ1) is 8.95. The highest BCUT2D eigenvalue weighted by molar-refractivity contribution is 9.10. The van der Waals surface area contributed by atoms with Crippen LogP contribution >= 0.6 is 39.1 Å². The van der Waals surface area contributed by atoms with E-state index >= 15 is 0 Å². The number of aryl methyl sites for hydroxylation is 1. The lowest BCUT2D eigenvalue weighted by Crippen LogP contribution is -2.04. The maximum atomic E-state index is 12.2. The first-order valence-corrected chi connectivity index (χ1v) is 7.25. The van der Waals surface area contributed by atoms with Crippen LogP contribution in [0.15, 0.2) is 40.9 Å². The van der Waals surface area contributed by atoms with Crippen molar-refractivity contribution in [2.45, 2.75) is 13.3 Å². The van der Waals surface area contributed by atoms with Crippen molar-refractivity contribution in [3.63, 3.8) is 0 Å². The molecule has 0 saturated carbocycles. The topological polar surface area (TPSA) is 17.1 Å². The van der Waals surface area contributed by atoms with Gasteiger partial charge in [0.2, 0.25) is 0 Å². The molecule has 19 heavy (non-hydrogen) atoms. The summed E-state index contributed by atoms with van der Waals surface area (Å²) in [7, 11) is 0. The molecule has 0 aliphatic rings. The third-order valence-electron chi connectivity index (χ3n) is 2.74. The number of carbonyl (C=O) groups is 1. The minimum Gasteiger partial charge on any atom is -0.294 e. The van der Waals surface area contributed by atoms with Gasteiger partial charge in [0.05, 0.1) is 0 Å². The van der Waals surface area contributed by atoms with Crippen molar-refractivity contribution in [2.24, 2.45) is 0 Å². The molecule has 2 aromatic carbocycles. The molecule has 98 valence electrons. The Morgan fingerprint density at radius 1 is 1.16 bits per heavy atom. The Morgan fingerprint density at radius 2 is 1.89 bits per heavy atom. The van der Waals surface area contributed by atoms with E-state index in [1.165, 1.54) is 0 Å². The summed E-state index contributed by atoms with van der Waals surface area (Å²) in [5, 5.41) is 1.15. The number of rotatable bonds is 3. The predicted octanol–water partition coefficient (Wildman–Crippen LogP) is 5.49. The second-order valence-corrected chi connectivity index (χ2v) is 6.11. The van der Waals surface area contributed by atoms with Gasteiger partial charge >= 0.3 is 0 Å². The Bertz CT molecular complexity index is 618. The van der Waals surface area contributed by atoms with E-state index in [-0.39, 0.29) is 12.2 Å². The zero-order valence-corrected chi connectivity index (χ0v) is 13.3. The lowest BCUT2D eigenvalue weighted by Gasteiger charge is -2.06. The van der Waals surface area contributed by atoms with Crippen LogP contribution in [0.5, 0.6) is 0 Å². The fraction of sp³-hybridized carbons (Fsp3) is 0.133. The molecule has 0 unspecified atom stereocenters. The number of hydrogen-bond acceptors (Lipinski definition) is 1. The fourth-order valence-corrected chi connectivity index (χ4v) is 2.95. The Labute approximate surface area is 130 Å². The lowest BCUT2D eigenvalue weighted by atomic mass is 10.0. The molecule has 0 bridgehead atoms. The van der Waals surface area contributed by atoms with Crippen molar-refractivity contribution < 1.29 is 4.79 Å². The van der Waals surface area contributed by atoms with E-state index < -0.39 is 0 Å². The highest BCUT2D eigenvalue weighted by Crippen LogP contribution is 2.23. The van der Waals surface area contributed by atoms with Gasteiger partial charge in [0.25, 0.3) is 0 Å². The zero-order valence-electron chi connectivity index (χ0n) is 10.2. The molecule has 0 saturated heterocycles. The van der Waals surface area contributed by atoms with Crippen LogP contribution in [0.4, 0.5) is 0 Å². The van der Waals surface area contributed by atoms with Crippen LogP contribution < -0.4 is 0 Å². The van der Waals surface area contributed by atoms with Crippen LogP contribution in [0.25, 0.3) is 0 Å². The molecule has 0 radical (unpaired) electrons. The SMILES string of the molecule is Cc1ccc(CC(=O)c2cc(Cl)cc(Br)c2)c(Cl)c1. The number of halogens is 3. The highest BCUT2D eigenvalue weighted by Gasteiger charge is 2.11. The fourth-order valence-electron chi connectivity index (χ4n) is 1.79. The highest BCUT2D eigenvalue weighted by atomic mass is 79.9. The van der Waals surface area contributed by atoms with Gasteiger partial charge < -0.3 is 0 Å². The maximum Gasteiger partial charge on any atom is 0.167 e. The van der Waals surface area contributed by atoms with Gasteiger partial charge in [-0.3, -0.25) is 4.79 Å². The summed E-state index contributed by atoms with van der Waals surface area (Å²) < 4.78 is 0.790. The summed E-state index contributed by atoms with van der Waals surface area (Å²) in [5.74, 6) is -0.00560. The van der Waals surface area contributed by atoms with Crippen LogP contribution in [-0.4, -0.2) is 5.78 Å². The summed E-state index contributed by atoms with van der Waals surface area (Å²) >= 11 is 15.4. The molecule has 2 aromatic rings. The van der Waals surface area contributed by atoms with Gasteiger partial charge in [-0.25, -0.2) is 0 Å². The molecule has 0 atom stereocenters. The monoisotopic (exact) mass is 356 g/mol. The van der Waals surface area contributed by atoms with Crippen LogP contribution in [0, 0.1) is 6.92 Å². The van der Waals surface area contributed by atoms with E-state index in [0.29, 0.717) is 15.6 Å². The van der Waals surface area contributed by atoms with E-state index in [1.807, 2.05) is 25.1 Å². The number of Topliss-reactive ketones (excluding diaryl/α,β-unsaturated/α-hetero) is 1. The van der Waals surface area contributed by atoms with E-state index in [9.17, 15) is 4.79 Å². The summed E-state index contributed by atoms with van der Waals surface area (Å²) in [6, 6.07) is 10.9. The van der Waals surface area contributed by atoms with Gasteiger partial charge in [0.15, 0.2) is 5.78 Å². The summed E-state index contributed by atoms with van der Waals surface area (Å²) in [6.45, 7) is 1.96. The van der Waals surface area contributed by atoms with E-state index in [4.69, 9.17) is 23.2 Å². The Balaban J connectivity index is 2.25. The molecule has 0 spiro atoms. The molecule has 1 nitrogen and oxygen atoms in total. The zero-order chi connectivity index (χ0) is 14.0. The predicted molar refractivity (Wildman–Crippen MR) is 83.4 cm³/mol. The average Bonchev–Trinajstić information content (AvgIpc) is 2.31. The van der Waals surface area contributed by atoms with Crippen LogP contribution in [-0.2, 0) is 6.42 Å². The lowest BCUT2D eigenvalue weighted by molar-refractivity contribution is 0.0993. The number of ketones is 1. The minimum absolute atomic E-state index is 0.00560. The smallest absolute Gasteiger partial charge is 0.167 e. The second-order valence-electron chi connectivity index (χ2n) is 4.35. The molecule has 4 heteroatoms. The summed E-state index contributed by atoms with van der Waals surface area (Å²) in [4.78, 5) is 12.2. The quantitative estimate of drug-likeness (QED) is 0.664. The van der Waals surface area contributed by atoms with Crippen molar-refractivity contribution in [1.29, 1.82) is 0 Å². The third kappa shape index (κ3) is 3.82. The molecule has 0 aliphatic heterocycles. The van der Waals surface area contributed by atoms with Gasteiger partial charge in [0.1, 0.15) is 0 Å². The minimum atomic E-state index is -0.00560. The Hall–Kier alpha value is -0.830. The van der Waals surface area contributed by atoms with Gasteiger partial charge in [-0.05, 0) is 42.3 Å². The summed E-state index contributed by atoms with van der Waals surface area (Å²) in [6.07, 6.45) is 0.270. The summed E-state index contributed by atoms with van der Waals surface area (Å²) in [5.41, 5.74) is 2.48. The van der Waals surface area contributed by atoms with Gasteiger partial charge in [-0.1, -0.05) is 51.3 Å². The average molecular weight is 358 g/mol. The molecule has 0 aromatic heterocycles. The van der Waals surface area contributed by atoms with Crippen LogP contribution in [0.1, 0.15) is 21.5 Å². The van der Waals surface area contributed by atoms with Crippen molar-refractivity contribution in [2.75, 3.05) is 0 Å². The van der Waals surface area contributed by atoms with Crippen molar-refractivity contribution in [3.8, 4) is 0 Å². The molecule has 0 N–H and O–H groups in total. The number of carbonyl (C=O) groups excluding carboxylic acids is 1. The molecular weight excluding hydrogens is 347 g/mol. The third-order valence-corrected chi connectivity index (χ3v) is 3.77. The molecule has 0 aliphatic carbocycles. The first kappa shape index (κ1) is 14.6. The molecule has 0 amide bonds. The van der Waals surface area contributed by atoms with Gasteiger partial charge in [0, 0.05) is 26.5 Å². The Kier molecular flexibility index (Phi) is 4.67. The first-order valence-electron chi connectivity index (χ1n) is 5.70. The van der Waals surface area contributed by atoms with Gasteiger partial charge in [-0.2, -0.15) is 0 Å². The van der Waals surface area contributed by atoms with Crippen molar-refractivity contribution in [3.05, 3.63) is 67.6 Å². The standard InChI is InChI=1S/C15H11BrCl2O/c1-9-2-3-10(14(18)4-9)7-15(19)11-5-12(16)8-13(17)6-11/h2-6,8H,7H2,1H3. The van der Waals surface area contributed by atoms with Crippen LogP contribution in [0.2, 0.25) is 10.0 Å². The molecular formula is C15H11BrCl2O. The molecule has 2 rings (SSSR count). The van der Waals surface area contributed by atoms with Crippen molar-refractivity contribution >= 4 is 44.9 Å². The molecule has 0 heterocycles. The van der Waals surface area contributed by atoms with Crippen LogP contribution in [0.3, 0.4) is 0 Å². The maximum absolute atomic E-state index is 12.2. The normalized spacial score (nSPS) is 10.5. The molecule has 0 fully saturated rings. The van der Waals surface area contributed by atoms with Gasteiger partial charge in [-0.15, -0.1) is 0 Å². The second kappa shape index (κ2) is 6.08. The number of hydrogen-bond donors (Lipinski definition) is 0.